The maximum absolute atomic E-state index is 5.72. The Hall–Kier alpha value is -0.943. The van der Waals surface area contributed by atoms with Crippen LogP contribution in [0.2, 0.25) is 6.04 Å². The first-order valence-corrected chi connectivity index (χ1v) is 8.23. The van der Waals surface area contributed by atoms with Crippen LogP contribution in [-0.4, -0.2) is 36.9 Å². The topological polar surface area (TPSA) is 27.7 Å². The van der Waals surface area contributed by atoms with Gasteiger partial charge in [-0.05, 0) is 24.0 Å². The molecule has 3 nitrogen and oxygen atoms in total. The molecule has 0 radical (unpaired) electrons. The fraction of sp³-hybridized carbons (Fsp3) is 0.467. The van der Waals surface area contributed by atoms with Crippen molar-refractivity contribution >= 4 is 15.8 Å². The molecular formula is C15H24O3Si. The first-order chi connectivity index (χ1) is 9.31. The Morgan fingerprint density at radius 3 is 2.68 bits per heavy atom. The van der Waals surface area contributed by atoms with Gasteiger partial charge in [-0.25, -0.2) is 0 Å². The SMILES string of the molecule is C=Cc1ccccc1CCCO[SiH2]CC(OC)OC. The van der Waals surface area contributed by atoms with Crippen molar-refractivity contribution in [1.29, 1.82) is 0 Å². The zero-order chi connectivity index (χ0) is 13.9. The Bertz CT molecular complexity index is 364. The van der Waals surface area contributed by atoms with E-state index in [4.69, 9.17) is 13.9 Å². The Balaban J connectivity index is 2.15. The summed E-state index contributed by atoms with van der Waals surface area (Å²) in [4.78, 5) is 0. The number of benzene rings is 1. The number of ether oxygens (including phenoxy) is 2. The molecule has 0 aliphatic rings. The molecule has 0 heterocycles. The molecule has 0 saturated heterocycles. The third-order valence-corrected chi connectivity index (χ3v) is 4.32. The second-order valence-corrected chi connectivity index (χ2v) is 5.70. The maximum atomic E-state index is 5.72. The van der Waals surface area contributed by atoms with Gasteiger partial charge in [0.1, 0.15) is 0 Å². The lowest BCUT2D eigenvalue weighted by Gasteiger charge is -2.12. The van der Waals surface area contributed by atoms with E-state index in [1.807, 2.05) is 12.1 Å². The van der Waals surface area contributed by atoms with E-state index in [-0.39, 0.29) is 6.29 Å². The standard InChI is InChI=1S/C15H24O3Si/c1-4-13-8-5-6-9-14(13)10-7-11-18-19-12-15(16-2)17-3/h4-6,8-9,15H,1,7,10-12,19H2,2-3H3. The Labute approximate surface area is 118 Å². The van der Waals surface area contributed by atoms with Gasteiger partial charge in [-0.15, -0.1) is 0 Å². The first kappa shape index (κ1) is 16.1. The molecule has 19 heavy (non-hydrogen) atoms. The number of hydrogen-bond donors (Lipinski definition) is 0. The van der Waals surface area contributed by atoms with Crippen LogP contribution in [0.15, 0.2) is 30.8 Å². The van der Waals surface area contributed by atoms with Crippen molar-refractivity contribution < 1.29 is 13.9 Å². The van der Waals surface area contributed by atoms with E-state index < -0.39 is 9.76 Å². The summed E-state index contributed by atoms with van der Waals surface area (Å²) in [5, 5.41) is 0. The molecule has 0 unspecified atom stereocenters. The predicted octanol–water partition coefficient (Wildman–Crippen LogP) is 2.40. The van der Waals surface area contributed by atoms with Crippen LogP contribution in [0.3, 0.4) is 0 Å². The van der Waals surface area contributed by atoms with Gasteiger partial charge in [-0.2, -0.15) is 0 Å². The Morgan fingerprint density at radius 2 is 2.00 bits per heavy atom. The quantitative estimate of drug-likeness (QED) is 0.374. The molecule has 0 aromatic heterocycles. The zero-order valence-electron chi connectivity index (χ0n) is 11.9. The average molecular weight is 280 g/mol. The van der Waals surface area contributed by atoms with Crippen LogP contribution in [0.5, 0.6) is 0 Å². The minimum atomic E-state index is -0.543. The molecule has 106 valence electrons. The van der Waals surface area contributed by atoms with Gasteiger partial charge in [0.25, 0.3) is 0 Å². The second-order valence-electron chi connectivity index (χ2n) is 4.31. The highest BCUT2D eigenvalue weighted by atomic mass is 28.2. The van der Waals surface area contributed by atoms with Crippen LogP contribution in [0.25, 0.3) is 6.08 Å². The fourth-order valence-electron chi connectivity index (χ4n) is 1.94. The van der Waals surface area contributed by atoms with Crippen molar-refractivity contribution in [2.75, 3.05) is 20.8 Å². The van der Waals surface area contributed by atoms with Crippen LogP contribution in [0.1, 0.15) is 17.5 Å². The van der Waals surface area contributed by atoms with Gasteiger partial charge in [0.2, 0.25) is 0 Å². The lowest BCUT2D eigenvalue weighted by Crippen LogP contribution is -2.16. The molecule has 0 aliphatic heterocycles. The Kier molecular flexibility index (Phi) is 8.41. The summed E-state index contributed by atoms with van der Waals surface area (Å²) < 4.78 is 16.0. The molecule has 4 heteroatoms. The summed E-state index contributed by atoms with van der Waals surface area (Å²) in [5.74, 6) is 0. The lowest BCUT2D eigenvalue weighted by molar-refractivity contribution is -0.0888. The van der Waals surface area contributed by atoms with Crippen molar-refractivity contribution in [3.05, 3.63) is 42.0 Å². The summed E-state index contributed by atoms with van der Waals surface area (Å²) in [6.07, 6.45) is 3.89. The molecule has 0 fully saturated rings. The van der Waals surface area contributed by atoms with E-state index in [0.717, 1.165) is 25.5 Å². The minimum Gasteiger partial charge on any atom is -0.424 e. The van der Waals surface area contributed by atoms with E-state index in [2.05, 4.69) is 24.8 Å². The van der Waals surface area contributed by atoms with Crippen molar-refractivity contribution in [2.24, 2.45) is 0 Å². The number of aryl methyl sites for hydroxylation is 1. The molecule has 1 aromatic rings. The number of rotatable bonds is 10. The predicted molar refractivity (Wildman–Crippen MR) is 82.0 cm³/mol. The fourth-order valence-corrected chi connectivity index (χ4v) is 3.18. The summed E-state index contributed by atoms with van der Waals surface area (Å²) in [6, 6.07) is 9.26. The van der Waals surface area contributed by atoms with E-state index in [1.165, 1.54) is 11.1 Å². The van der Waals surface area contributed by atoms with E-state index >= 15 is 0 Å². The third kappa shape index (κ3) is 6.16. The smallest absolute Gasteiger partial charge is 0.166 e. The Morgan fingerprint density at radius 1 is 1.26 bits per heavy atom. The maximum Gasteiger partial charge on any atom is 0.166 e. The third-order valence-electron chi connectivity index (χ3n) is 3.03. The van der Waals surface area contributed by atoms with E-state index in [9.17, 15) is 0 Å². The van der Waals surface area contributed by atoms with Crippen LogP contribution in [-0.2, 0) is 20.3 Å². The molecule has 0 spiro atoms. The average Bonchev–Trinajstić information content (AvgIpc) is 2.47. The van der Waals surface area contributed by atoms with Crippen molar-refractivity contribution in [1.82, 2.24) is 0 Å². The summed E-state index contributed by atoms with van der Waals surface area (Å²) in [6.45, 7) is 4.65. The monoisotopic (exact) mass is 280 g/mol. The van der Waals surface area contributed by atoms with Gasteiger partial charge in [0.05, 0.1) is 0 Å². The van der Waals surface area contributed by atoms with Gasteiger partial charge in [-0.3, -0.25) is 0 Å². The summed E-state index contributed by atoms with van der Waals surface area (Å²) >= 11 is 0. The molecule has 0 saturated carbocycles. The molecule has 0 amide bonds. The van der Waals surface area contributed by atoms with Crippen LogP contribution in [0, 0.1) is 0 Å². The molecule has 1 rings (SSSR count). The highest BCUT2D eigenvalue weighted by Gasteiger charge is 2.05. The molecule has 0 aliphatic carbocycles. The minimum absolute atomic E-state index is 0.104. The molecular weight excluding hydrogens is 256 g/mol. The van der Waals surface area contributed by atoms with Crippen molar-refractivity contribution in [2.45, 2.75) is 25.2 Å². The van der Waals surface area contributed by atoms with Gasteiger partial charge in [-0.1, -0.05) is 36.9 Å². The first-order valence-electron chi connectivity index (χ1n) is 6.65. The van der Waals surface area contributed by atoms with Gasteiger partial charge in [0.15, 0.2) is 16.1 Å². The van der Waals surface area contributed by atoms with Crippen LogP contribution < -0.4 is 0 Å². The summed E-state index contributed by atoms with van der Waals surface area (Å²) in [5.41, 5.74) is 2.56. The molecule has 0 bridgehead atoms. The van der Waals surface area contributed by atoms with E-state index in [0.29, 0.717) is 0 Å². The van der Waals surface area contributed by atoms with Gasteiger partial charge in [0, 0.05) is 26.9 Å². The van der Waals surface area contributed by atoms with Crippen LogP contribution in [0.4, 0.5) is 0 Å². The van der Waals surface area contributed by atoms with Crippen LogP contribution >= 0.6 is 0 Å². The van der Waals surface area contributed by atoms with Crippen molar-refractivity contribution in [3.8, 4) is 0 Å². The largest absolute Gasteiger partial charge is 0.424 e. The summed E-state index contributed by atoms with van der Waals surface area (Å²) in [7, 11) is 2.78. The van der Waals surface area contributed by atoms with E-state index in [1.54, 1.807) is 14.2 Å². The molecule has 0 atom stereocenters. The van der Waals surface area contributed by atoms with Gasteiger partial charge < -0.3 is 13.9 Å². The normalized spacial score (nSPS) is 11.5. The number of hydrogen-bond acceptors (Lipinski definition) is 3. The second kappa shape index (κ2) is 9.92. The lowest BCUT2D eigenvalue weighted by atomic mass is 10.0. The highest BCUT2D eigenvalue weighted by Crippen LogP contribution is 2.12. The van der Waals surface area contributed by atoms with Gasteiger partial charge >= 0.3 is 0 Å². The zero-order valence-corrected chi connectivity index (χ0v) is 13.3. The molecule has 0 N–H and O–H groups in total. The number of methoxy groups -OCH3 is 2. The molecule has 1 aromatic carbocycles. The highest BCUT2D eigenvalue weighted by molar-refractivity contribution is 6.27. The van der Waals surface area contributed by atoms with Crippen molar-refractivity contribution in [3.63, 3.8) is 0 Å².